The molecule has 2 amide bonds. The number of aryl methyl sites for hydroxylation is 1. The summed E-state index contributed by atoms with van der Waals surface area (Å²) in [6.45, 7) is 6.43. The molecule has 1 aliphatic heterocycles. The Bertz CT molecular complexity index is 766. The average Bonchev–Trinajstić information content (AvgIpc) is 2.67. The monoisotopic (exact) mass is 353 g/mol. The molecule has 1 saturated heterocycles. The molecule has 0 aliphatic carbocycles. The average molecular weight is 353 g/mol. The van der Waals surface area contributed by atoms with E-state index in [1.165, 1.54) is 5.56 Å². The third kappa shape index (κ3) is 4.36. The molecule has 26 heavy (non-hydrogen) atoms. The maximum Gasteiger partial charge on any atom is 0.257 e. The van der Waals surface area contributed by atoms with E-state index in [1.54, 1.807) is 29.1 Å². The van der Waals surface area contributed by atoms with Crippen molar-refractivity contribution in [1.82, 2.24) is 19.8 Å². The van der Waals surface area contributed by atoms with Gasteiger partial charge < -0.3 is 15.1 Å². The van der Waals surface area contributed by atoms with Gasteiger partial charge in [-0.1, -0.05) is 29.8 Å². The summed E-state index contributed by atoms with van der Waals surface area (Å²) in [5.41, 5.74) is 2.82. The molecular formula is C19H23N5O2. The third-order valence-corrected chi connectivity index (χ3v) is 4.48. The number of nitrogens with one attached hydrogen (secondary N) is 1. The van der Waals surface area contributed by atoms with Crippen LogP contribution >= 0.6 is 0 Å². The Kier molecular flexibility index (Phi) is 5.46. The van der Waals surface area contributed by atoms with Crippen molar-refractivity contribution in [1.29, 1.82) is 0 Å². The second kappa shape index (κ2) is 7.95. The summed E-state index contributed by atoms with van der Waals surface area (Å²) in [4.78, 5) is 35.8. The summed E-state index contributed by atoms with van der Waals surface area (Å²) < 4.78 is 0. The second-order valence-corrected chi connectivity index (χ2v) is 6.43. The van der Waals surface area contributed by atoms with Gasteiger partial charge in [-0.3, -0.25) is 9.59 Å². The first-order valence-electron chi connectivity index (χ1n) is 8.69. The Balaban J connectivity index is 1.54. The van der Waals surface area contributed by atoms with Gasteiger partial charge in [-0.15, -0.1) is 0 Å². The number of amides is 2. The van der Waals surface area contributed by atoms with Crippen LogP contribution in [0, 0.1) is 6.92 Å². The first-order valence-corrected chi connectivity index (χ1v) is 8.69. The first kappa shape index (κ1) is 17.8. The molecule has 0 spiro atoms. The van der Waals surface area contributed by atoms with E-state index in [0.29, 0.717) is 44.2 Å². The van der Waals surface area contributed by atoms with Crippen LogP contribution in [0.3, 0.4) is 0 Å². The number of carbonyl (C=O) groups excluding carboxylic acids is 2. The molecule has 7 heteroatoms. The van der Waals surface area contributed by atoms with Crippen LogP contribution in [0.4, 0.5) is 5.95 Å². The van der Waals surface area contributed by atoms with Crippen molar-refractivity contribution in [2.45, 2.75) is 20.4 Å². The van der Waals surface area contributed by atoms with Crippen molar-refractivity contribution < 1.29 is 9.59 Å². The van der Waals surface area contributed by atoms with Gasteiger partial charge >= 0.3 is 0 Å². The zero-order valence-corrected chi connectivity index (χ0v) is 15.1. The van der Waals surface area contributed by atoms with E-state index in [0.717, 1.165) is 5.56 Å². The number of piperazine rings is 1. The normalized spacial score (nSPS) is 14.2. The highest BCUT2D eigenvalue weighted by molar-refractivity contribution is 5.93. The van der Waals surface area contributed by atoms with Gasteiger partial charge in [0.25, 0.3) is 5.91 Å². The van der Waals surface area contributed by atoms with Crippen LogP contribution in [0.5, 0.6) is 0 Å². The first-order chi connectivity index (χ1) is 12.5. The van der Waals surface area contributed by atoms with Crippen molar-refractivity contribution in [3.05, 3.63) is 53.3 Å². The number of anilines is 1. The predicted octanol–water partition coefficient (Wildman–Crippen LogP) is 1.70. The fourth-order valence-electron chi connectivity index (χ4n) is 2.82. The van der Waals surface area contributed by atoms with E-state index in [9.17, 15) is 9.59 Å². The molecule has 0 unspecified atom stereocenters. The molecule has 0 bridgehead atoms. The number of aromatic nitrogens is 2. The van der Waals surface area contributed by atoms with Gasteiger partial charge in [-0.25, -0.2) is 9.97 Å². The maximum absolute atomic E-state index is 12.5. The molecule has 136 valence electrons. The van der Waals surface area contributed by atoms with Crippen molar-refractivity contribution in [3.8, 4) is 0 Å². The van der Waals surface area contributed by atoms with Crippen LogP contribution in [0.15, 0.2) is 36.7 Å². The van der Waals surface area contributed by atoms with E-state index in [2.05, 4.69) is 46.5 Å². The van der Waals surface area contributed by atoms with Crippen LogP contribution in [-0.2, 0) is 11.3 Å². The molecule has 3 rings (SSSR count). The minimum Gasteiger partial charge on any atom is -0.350 e. The van der Waals surface area contributed by atoms with Crippen molar-refractivity contribution in [2.24, 2.45) is 0 Å². The summed E-state index contributed by atoms with van der Waals surface area (Å²) in [6, 6.07) is 8.23. The third-order valence-electron chi connectivity index (χ3n) is 4.48. The predicted molar refractivity (Wildman–Crippen MR) is 98.7 cm³/mol. The number of benzene rings is 1. The number of nitrogens with zero attached hydrogens (tertiary/aromatic N) is 4. The molecule has 2 aromatic rings. The summed E-state index contributed by atoms with van der Waals surface area (Å²) in [7, 11) is 0. The smallest absolute Gasteiger partial charge is 0.257 e. The molecule has 1 aliphatic rings. The molecule has 0 atom stereocenters. The Morgan fingerprint density at radius 3 is 2.15 bits per heavy atom. The maximum atomic E-state index is 12.5. The Morgan fingerprint density at radius 1 is 1.00 bits per heavy atom. The summed E-state index contributed by atoms with van der Waals surface area (Å²) in [5.74, 6) is 0.436. The van der Waals surface area contributed by atoms with Crippen LogP contribution in [0.1, 0.15) is 28.4 Å². The topological polar surface area (TPSA) is 78.4 Å². The summed E-state index contributed by atoms with van der Waals surface area (Å²) in [5, 5.41) is 3.15. The summed E-state index contributed by atoms with van der Waals surface area (Å²) in [6.07, 6.45) is 3.09. The highest BCUT2D eigenvalue weighted by Gasteiger charge is 2.23. The lowest BCUT2D eigenvalue weighted by Crippen LogP contribution is -2.50. The minimum atomic E-state index is -0.0988. The van der Waals surface area contributed by atoms with Gasteiger partial charge in [0.15, 0.2) is 0 Å². The summed E-state index contributed by atoms with van der Waals surface area (Å²) >= 11 is 0. The quantitative estimate of drug-likeness (QED) is 0.905. The lowest BCUT2D eigenvalue weighted by molar-refractivity contribution is -0.130. The Labute approximate surface area is 153 Å². The molecule has 0 saturated carbocycles. The standard InChI is InChI=1S/C19H23N5O2/c1-14-3-5-16(6-4-14)11-20-19-21-12-17(13-22-19)18(26)24-9-7-23(8-10-24)15(2)25/h3-6,12-13H,7-11H2,1-2H3,(H,20,21,22). The SMILES string of the molecule is CC(=O)N1CCN(C(=O)c2cnc(NCc3ccc(C)cc3)nc2)CC1. The lowest BCUT2D eigenvalue weighted by Gasteiger charge is -2.34. The van der Waals surface area contributed by atoms with Gasteiger partial charge in [-0.05, 0) is 12.5 Å². The molecule has 2 heterocycles. The van der Waals surface area contributed by atoms with Gasteiger partial charge in [0.2, 0.25) is 11.9 Å². The number of hydrogen-bond acceptors (Lipinski definition) is 5. The molecule has 1 aromatic heterocycles. The molecular weight excluding hydrogens is 330 g/mol. The second-order valence-electron chi connectivity index (χ2n) is 6.43. The fraction of sp³-hybridized carbons (Fsp3) is 0.368. The number of carbonyl (C=O) groups is 2. The zero-order valence-electron chi connectivity index (χ0n) is 15.1. The zero-order chi connectivity index (χ0) is 18.5. The highest BCUT2D eigenvalue weighted by Crippen LogP contribution is 2.10. The van der Waals surface area contributed by atoms with Gasteiger partial charge in [0, 0.05) is 52.0 Å². The van der Waals surface area contributed by atoms with Crippen molar-refractivity contribution in [3.63, 3.8) is 0 Å². The van der Waals surface area contributed by atoms with Crippen LogP contribution in [0.25, 0.3) is 0 Å². The molecule has 1 N–H and O–H groups in total. The van der Waals surface area contributed by atoms with Gasteiger partial charge in [0.1, 0.15) is 0 Å². The molecule has 7 nitrogen and oxygen atoms in total. The van der Waals surface area contributed by atoms with E-state index in [1.807, 2.05) is 0 Å². The number of rotatable bonds is 4. The molecule has 0 radical (unpaired) electrons. The van der Waals surface area contributed by atoms with Crippen molar-refractivity contribution >= 4 is 17.8 Å². The number of hydrogen-bond donors (Lipinski definition) is 1. The van der Waals surface area contributed by atoms with Crippen LogP contribution in [-0.4, -0.2) is 57.8 Å². The van der Waals surface area contributed by atoms with Crippen molar-refractivity contribution in [2.75, 3.05) is 31.5 Å². The Hall–Kier alpha value is -2.96. The lowest BCUT2D eigenvalue weighted by atomic mass is 10.1. The van der Waals surface area contributed by atoms with E-state index >= 15 is 0 Å². The minimum absolute atomic E-state index is 0.0458. The van der Waals surface area contributed by atoms with E-state index < -0.39 is 0 Å². The van der Waals surface area contributed by atoms with E-state index in [4.69, 9.17) is 0 Å². The highest BCUT2D eigenvalue weighted by atomic mass is 16.2. The van der Waals surface area contributed by atoms with Gasteiger partial charge in [0.05, 0.1) is 5.56 Å². The van der Waals surface area contributed by atoms with Gasteiger partial charge in [-0.2, -0.15) is 0 Å². The largest absolute Gasteiger partial charge is 0.350 e. The van der Waals surface area contributed by atoms with Crippen LogP contribution < -0.4 is 5.32 Å². The molecule has 1 aromatic carbocycles. The van der Waals surface area contributed by atoms with E-state index in [-0.39, 0.29) is 11.8 Å². The Morgan fingerprint density at radius 2 is 1.58 bits per heavy atom. The van der Waals surface area contributed by atoms with Crippen LogP contribution in [0.2, 0.25) is 0 Å². The molecule has 1 fully saturated rings. The fourth-order valence-corrected chi connectivity index (χ4v) is 2.82.